The predicted molar refractivity (Wildman–Crippen MR) is 109 cm³/mol. The van der Waals surface area contributed by atoms with E-state index in [-0.39, 0.29) is 5.91 Å². The van der Waals surface area contributed by atoms with Crippen LogP contribution in [0, 0.1) is 11.8 Å². The zero-order chi connectivity index (χ0) is 18.9. The fourth-order valence-electron chi connectivity index (χ4n) is 4.72. The Bertz CT molecular complexity index is 769. The van der Waals surface area contributed by atoms with Gasteiger partial charge in [-0.3, -0.25) is 4.79 Å². The van der Waals surface area contributed by atoms with E-state index in [9.17, 15) is 9.90 Å². The monoisotopic (exact) mass is 385 g/mol. The lowest BCUT2D eigenvalue weighted by Crippen LogP contribution is -2.32. The van der Waals surface area contributed by atoms with E-state index >= 15 is 0 Å². The largest absolute Gasteiger partial charge is 0.374 e. The number of aliphatic hydroxyl groups excluding tert-OH is 1. The number of aliphatic hydroxyl groups is 1. The molecule has 2 fully saturated rings. The quantitative estimate of drug-likeness (QED) is 0.646. The molecule has 6 heteroatoms. The molecule has 4 rings (SSSR count). The van der Waals surface area contributed by atoms with Gasteiger partial charge >= 0.3 is 0 Å². The van der Waals surface area contributed by atoms with Crippen LogP contribution < -0.4 is 10.6 Å². The van der Waals surface area contributed by atoms with Crippen molar-refractivity contribution in [1.29, 1.82) is 0 Å². The van der Waals surface area contributed by atoms with Gasteiger partial charge in [-0.15, -0.1) is 11.3 Å². The molecule has 144 valence electrons. The maximum atomic E-state index is 13.3. The average Bonchev–Trinajstić information content (AvgIpc) is 3.23. The second-order valence-corrected chi connectivity index (χ2v) is 8.76. The molecule has 0 spiro atoms. The first kappa shape index (κ1) is 18.4. The third-order valence-corrected chi connectivity index (χ3v) is 6.76. The molecule has 5 nitrogen and oxygen atoms in total. The van der Waals surface area contributed by atoms with Gasteiger partial charge in [-0.25, -0.2) is 4.98 Å². The van der Waals surface area contributed by atoms with E-state index in [4.69, 9.17) is 0 Å². The van der Waals surface area contributed by atoms with Crippen molar-refractivity contribution in [3.05, 3.63) is 41.4 Å². The smallest absolute Gasteiger partial charge is 0.237 e. The number of thiazole rings is 1. The van der Waals surface area contributed by atoms with Crippen molar-refractivity contribution in [2.45, 2.75) is 57.1 Å². The molecule has 27 heavy (non-hydrogen) atoms. The van der Waals surface area contributed by atoms with E-state index in [1.807, 2.05) is 29.6 Å². The van der Waals surface area contributed by atoms with Gasteiger partial charge in [0.2, 0.25) is 5.91 Å². The number of hydrogen-bond acceptors (Lipinski definition) is 5. The molecular weight excluding hydrogens is 358 g/mol. The topological polar surface area (TPSA) is 74.2 Å². The van der Waals surface area contributed by atoms with Crippen molar-refractivity contribution in [2.24, 2.45) is 11.8 Å². The normalized spacial score (nSPS) is 26.4. The van der Waals surface area contributed by atoms with Crippen molar-refractivity contribution in [2.75, 3.05) is 10.6 Å². The van der Waals surface area contributed by atoms with E-state index in [0.29, 0.717) is 17.0 Å². The second-order valence-electron chi connectivity index (χ2n) is 7.87. The van der Waals surface area contributed by atoms with Gasteiger partial charge < -0.3 is 15.7 Å². The van der Waals surface area contributed by atoms with Crippen molar-refractivity contribution in [3.8, 4) is 0 Å². The average molecular weight is 386 g/mol. The van der Waals surface area contributed by atoms with Gasteiger partial charge in [0.1, 0.15) is 6.23 Å². The standard InChI is InChI=1S/C21H27N3O2S/c1-14(25)23-17-9-7-16(8-10-17)21(19(26)24-20-22-11-12-27-20)13-18(21)15-5-3-2-4-6-15/h7-12,14-15,18,23,25H,2-6,13H2,1H3,(H,22,24,26)/t14?,18-,21-/m0/s1. The number of benzene rings is 1. The fourth-order valence-corrected chi connectivity index (χ4v) is 5.24. The first-order valence-electron chi connectivity index (χ1n) is 9.85. The molecule has 3 atom stereocenters. The molecule has 3 N–H and O–H groups in total. The van der Waals surface area contributed by atoms with Crippen LogP contribution in [-0.2, 0) is 10.2 Å². The van der Waals surface area contributed by atoms with Crippen LogP contribution in [0.15, 0.2) is 35.8 Å². The van der Waals surface area contributed by atoms with Gasteiger partial charge in [-0.05, 0) is 42.9 Å². The SMILES string of the molecule is CC(O)Nc1ccc([C@@]2(C(=O)Nc3nccs3)C[C@H]2C2CCCCC2)cc1. The first-order valence-corrected chi connectivity index (χ1v) is 10.7. The molecule has 2 aromatic rings. The number of nitrogens with zero attached hydrogens (tertiary/aromatic N) is 1. The highest BCUT2D eigenvalue weighted by molar-refractivity contribution is 7.13. The van der Waals surface area contributed by atoms with E-state index in [1.54, 1.807) is 13.1 Å². The molecule has 0 radical (unpaired) electrons. The Morgan fingerprint density at radius 1 is 1.26 bits per heavy atom. The summed E-state index contributed by atoms with van der Waals surface area (Å²) in [4.78, 5) is 17.5. The van der Waals surface area contributed by atoms with Crippen LogP contribution in [-0.4, -0.2) is 22.2 Å². The summed E-state index contributed by atoms with van der Waals surface area (Å²) in [6.45, 7) is 1.69. The molecule has 1 heterocycles. The molecule has 1 aromatic carbocycles. The fraction of sp³-hybridized carbons (Fsp3) is 0.524. The highest BCUT2D eigenvalue weighted by Gasteiger charge is 2.63. The molecule has 1 aromatic heterocycles. The van der Waals surface area contributed by atoms with Gasteiger partial charge in [-0.1, -0.05) is 44.2 Å². The third kappa shape index (κ3) is 3.73. The number of amides is 1. The van der Waals surface area contributed by atoms with Gasteiger partial charge in [-0.2, -0.15) is 0 Å². The summed E-state index contributed by atoms with van der Waals surface area (Å²) in [7, 11) is 0. The zero-order valence-electron chi connectivity index (χ0n) is 15.6. The van der Waals surface area contributed by atoms with E-state index in [0.717, 1.165) is 17.7 Å². The first-order chi connectivity index (χ1) is 13.1. The minimum atomic E-state index is -0.603. The Morgan fingerprint density at radius 3 is 2.63 bits per heavy atom. The van der Waals surface area contributed by atoms with Crippen molar-refractivity contribution in [1.82, 2.24) is 4.98 Å². The van der Waals surface area contributed by atoms with E-state index < -0.39 is 11.6 Å². The molecule has 0 bridgehead atoms. The van der Waals surface area contributed by atoms with Crippen molar-refractivity contribution < 1.29 is 9.90 Å². The van der Waals surface area contributed by atoms with Crippen molar-refractivity contribution >= 4 is 28.1 Å². The summed E-state index contributed by atoms with van der Waals surface area (Å²) in [5, 5.41) is 18.1. The van der Waals surface area contributed by atoms with Crippen LogP contribution in [0.3, 0.4) is 0 Å². The van der Waals surface area contributed by atoms with Crippen LogP contribution in [0.5, 0.6) is 0 Å². The molecule has 1 amide bonds. The highest BCUT2D eigenvalue weighted by atomic mass is 32.1. The lowest BCUT2D eigenvalue weighted by atomic mass is 9.80. The molecule has 2 aliphatic rings. The Kier molecular flexibility index (Phi) is 5.19. The van der Waals surface area contributed by atoms with Gasteiger partial charge in [0.15, 0.2) is 5.13 Å². The Hall–Kier alpha value is -1.92. The van der Waals surface area contributed by atoms with Gasteiger partial charge in [0, 0.05) is 17.3 Å². The minimum Gasteiger partial charge on any atom is -0.374 e. The Balaban J connectivity index is 1.59. The molecule has 0 aliphatic heterocycles. The van der Waals surface area contributed by atoms with Crippen LogP contribution in [0.2, 0.25) is 0 Å². The molecule has 0 saturated heterocycles. The summed E-state index contributed by atoms with van der Waals surface area (Å²) in [6, 6.07) is 7.98. The summed E-state index contributed by atoms with van der Waals surface area (Å²) < 4.78 is 0. The number of rotatable bonds is 6. The number of carbonyl (C=O) groups excluding carboxylic acids is 1. The Morgan fingerprint density at radius 2 is 2.00 bits per heavy atom. The van der Waals surface area contributed by atoms with Gasteiger partial charge in [0.25, 0.3) is 0 Å². The Labute approximate surface area is 164 Å². The van der Waals surface area contributed by atoms with E-state index in [1.165, 1.54) is 43.4 Å². The van der Waals surface area contributed by atoms with Gasteiger partial charge in [0.05, 0.1) is 5.41 Å². The van der Waals surface area contributed by atoms with Crippen LogP contribution >= 0.6 is 11.3 Å². The summed E-state index contributed by atoms with van der Waals surface area (Å²) in [5.74, 6) is 1.12. The number of aromatic nitrogens is 1. The maximum Gasteiger partial charge on any atom is 0.237 e. The third-order valence-electron chi connectivity index (χ3n) is 6.07. The zero-order valence-corrected chi connectivity index (χ0v) is 16.5. The predicted octanol–water partition coefficient (Wildman–Crippen LogP) is 4.37. The number of carbonyl (C=O) groups is 1. The van der Waals surface area contributed by atoms with Crippen LogP contribution in [0.4, 0.5) is 10.8 Å². The summed E-state index contributed by atoms with van der Waals surface area (Å²) in [5.41, 5.74) is 1.49. The number of hydrogen-bond donors (Lipinski definition) is 3. The number of anilines is 2. The van der Waals surface area contributed by atoms with E-state index in [2.05, 4.69) is 15.6 Å². The lowest BCUT2D eigenvalue weighted by Gasteiger charge is -2.25. The summed E-state index contributed by atoms with van der Waals surface area (Å²) in [6.07, 6.45) is 8.38. The number of nitrogens with one attached hydrogen (secondary N) is 2. The second kappa shape index (κ2) is 7.60. The lowest BCUT2D eigenvalue weighted by molar-refractivity contribution is -0.119. The summed E-state index contributed by atoms with van der Waals surface area (Å²) >= 11 is 1.46. The molecular formula is C21H27N3O2S. The molecule has 2 aliphatic carbocycles. The molecule has 2 saturated carbocycles. The highest BCUT2D eigenvalue weighted by Crippen LogP contribution is 2.61. The maximum absolute atomic E-state index is 13.3. The minimum absolute atomic E-state index is 0.0734. The van der Waals surface area contributed by atoms with Crippen LogP contribution in [0.25, 0.3) is 0 Å². The van der Waals surface area contributed by atoms with Crippen LogP contribution in [0.1, 0.15) is 51.0 Å². The van der Waals surface area contributed by atoms with Crippen molar-refractivity contribution in [3.63, 3.8) is 0 Å². The molecule has 1 unspecified atom stereocenters.